The van der Waals surface area contributed by atoms with Crippen LogP contribution in [0.25, 0.3) is 0 Å². The number of rotatable bonds is 9. The molecule has 0 saturated carbocycles. The van der Waals surface area contributed by atoms with Crippen LogP contribution in [0.2, 0.25) is 0 Å². The fourth-order valence-corrected chi connectivity index (χ4v) is 1.77. The van der Waals surface area contributed by atoms with E-state index in [1.165, 1.54) is 17.0 Å². The van der Waals surface area contributed by atoms with Crippen LogP contribution in [0.5, 0.6) is 5.75 Å². The average Bonchev–Trinajstić information content (AvgIpc) is 2.48. The Kier molecular flexibility index (Phi) is 8.21. The molecule has 0 bridgehead atoms. The first kappa shape index (κ1) is 18.2. The molecule has 1 aromatic rings. The number of halogens is 2. The highest BCUT2D eigenvalue weighted by Crippen LogP contribution is 2.15. The molecule has 0 atom stereocenters. The van der Waals surface area contributed by atoms with Crippen molar-refractivity contribution < 1.29 is 23.0 Å². The predicted molar refractivity (Wildman–Crippen MR) is 79.0 cm³/mol. The van der Waals surface area contributed by atoms with Crippen LogP contribution in [0.4, 0.5) is 13.6 Å². The first-order valence-corrected chi connectivity index (χ1v) is 7.13. The number of amides is 2. The summed E-state index contributed by atoms with van der Waals surface area (Å²) < 4.78 is 33.5. The molecule has 0 heterocycles. The predicted octanol–water partition coefficient (Wildman–Crippen LogP) is 2.86. The summed E-state index contributed by atoms with van der Waals surface area (Å²) in [6, 6.07) is 6.02. The van der Waals surface area contributed by atoms with Gasteiger partial charge in [0.05, 0.1) is 0 Å². The molecule has 0 spiro atoms. The Balaban J connectivity index is 2.34. The Morgan fingerprint density at radius 1 is 1.32 bits per heavy atom. The summed E-state index contributed by atoms with van der Waals surface area (Å²) >= 11 is 0. The largest absolute Gasteiger partial charge is 0.435 e. The fourth-order valence-electron chi connectivity index (χ4n) is 1.77. The molecular weight excluding hydrogens is 294 g/mol. The van der Waals surface area contributed by atoms with Gasteiger partial charge in [-0.15, -0.1) is 0 Å². The maximum Gasteiger partial charge on any atom is 0.387 e. The van der Waals surface area contributed by atoms with Crippen molar-refractivity contribution in [3.63, 3.8) is 0 Å². The van der Waals surface area contributed by atoms with Gasteiger partial charge in [-0.25, -0.2) is 4.79 Å². The van der Waals surface area contributed by atoms with Crippen molar-refractivity contribution in [3.8, 4) is 5.75 Å². The lowest BCUT2D eigenvalue weighted by molar-refractivity contribution is -0.0498. The van der Waals surface area contributed by atoms with Gasteiger partial charge in [-0.1, -0.05) is 12.1 Å². The van der Waals surface area contributed by atoms with Gasteiger partial charge in [0.1, 0.15) is 5.75 Å². The molecule has 0 fully saturated rings. The molecule has 7 heteroatoms. The van der Waals surface area contributed by atoms with Crippen molar-refractivity contribution in [2.45, 2.75) is 26.5 Å². The Morgan fingerprint density at radius 3 is 2.59 bits per heavy atom. The summed E-state index contributed by atoms with van der Waals surface area (Å²) in [5.41, 5.74) is 0.827. The molecule has 0 saturated heterocycles. The van der Waals surface area contributed by atoms with Crippen molar-refractivity contribution in [2.24, 2.45) is 0 Å². The molecule has 0 aliphatic rings. The standard InChI is InChI=1S/C15H22F2N2O3/c1-3-21-10-4-9-18-15(20)19(2)11-12-5-7-13(8-6-12)22-14(16)17/h5-8,14H,3-4,9-11H2,1-2H3,(H,18,20). The van der Waals surface area contributed by atoms with Gasteiger partial charge in [0.2, 0.25) is 0 Å². The number of nitrogens with one attached hydrogen (secondary N) is 1. The van der Waals surface area contributed by atoms with Crippen molar-refractivity contribution in [2.75, 3.05) is 26.8 Å². The SMILES string of the molecule is CCOCCCNC(=O)N(C)Cc1ccc(OC(F)F)cc1. The number of alkyl halides is 2. The molecule has 0 radical (unpaired) electrons. The maximum absolute atomic E-state index is 12.0. The van der Waals surface area contributed by atoms with Crippen LogP contribution >= 0.6 is 0 Å². The fraction of sp³-hybridized carbons (Fsp3) is 0.533. The van der Waals surface area contributed by atoms with Crippen LogP contribution in [-0.2, 0) is 11.3 Å². The minimum atomic E-state index is -2.84. The topological polar surface area (TPSA) is 50.8 Å². The Bertz CT molecular complexity index is 441. The van der Waals surface area contributed by atoms with Crippen molar-refractivity contribution in [1.29, 1.82) is 0 Å². The average molecular weight is 316 g/mol. The highest BCUT2D eigenvalue weighted by atomic mass is 19.3. The van der Waals surface area contributed by atoms with Crippen molar-refractivity contribution >= 4 is 6.03 Å². The van der Waals surface area contributed by atoms with E-state index < -0.39 is 6.61 Å². The van der Waals surface area contributed by atoms with Crippen LogP contribution in [0.1, 0.15) is 18.9 Å². The van der Waals surface area contributed by atoms with E-state index in [-0.39, 0.29) is 11.8 Å². The third-order valence-corrected chi connectivity index (χ3v) is 2.86. The first-order valence-electron chi connectivity index (χ1n) is 7.13. The number of carbonyl (C=O) groups is 1. The number of benzene rings is 1. The van der Waals surface area contributed by atoms with Crippen LogP contribution in [-0.4, -0.2) is 44.3 Å². The van der Waals surface area contributed by atoms with E-state index in [2.05, 4.69) is 10.1 Å². The Hall–Kier alpha value is -1.89. The second kappa shape index (κ2) is 9.94. The lowest BCUT2D eigenvalue weighted by Gasteiger charge is -2.18. The lowest BCUT2D eigenvalue weighted by Crippen LogP contribution is -2.37. The second-order valence-electron chi connectivity index (χ2n) is 4.66. The highest BCUT2D eigenvalue weighted by Gasteiger charge is 2.09. The number of hydrogen-bond donors (Lipinski definition) is 1. The zero-order valence-electron chi connectivity index (χ0n) is 12.9. The third kappa shape index (κ3) is 7.21. The summed E-state index contributed by atoms with van der Waals surface area (Å²) in [6.45, 7) is 1.29. The van der Waals surface area contributed by atoms with E-state index >= 15 is 0 Å². The van der Waals surface area contributed by atoms with Crippen LogP contribution in [0.3, 0.4) is 0 Å². The van der Waals surface area contributed by atoms with E-state index in [0.717, 1.165) is 12.0 Å². The zero-order chi connectivity index (χ0) is 16.4. The molecule has 1 N–H and O–H groups in total. The number of nitrogens with zero attached hydrogens (tertiary/aromatic N) is 1. The molecule has 0 unspecified atom stereocenters. The van der Waals surface area contributed by atoms with E-state index in [1.807, 2.05) is 6.92 Å². The van der Waals surface area contributed by atoms with Crippen molar-refractivity contribution in [1.82, 2.24) is 10.2 Å². The quantitative estimate of drug-likeness (QED) is 0.713. The second-order valence-corrected chi connectivity index (χ2v) is 4.66. The zero-order valence-corrected chi connectivity index (χ0v) is 12.9. The summed E-state index contributed by atoms with van der Waals surface area (Å²) in [5, 5.41) is 2.78. The Labute approximate surface area is 129 Å². The first-order chi connectivity index (χ1) is 10.5. The highest BCUT2D eigenvalue weighted by molar-refractivity contribution is 5.73. The van der Waals surface area contributed by atoms with Crippen molar-refractivity contribution in [3.05, 3.63) is 29.8 Å². The summed E-state index contributed by atoms with van der Waals surface area (Å²) in [6.07, 6.45) is 0.757. The molecular formula is C15H22F2N2O3. The minimum Gasteiger partial charge on any atom is -0.435 e. The summed E-state index contributed by atoms with van der Waals surface area (Å²) in [4.78, 5) is 13.4. The molecule has 0 aromatic heterocycles. The summed E-state index contributed by atoms with van der Waals surface area (Å²) in [7, 11) is 1.67. The van der Waals surface area contributed by atoms with Gasteiger partial charge < -0.3 is 19.7 Å². The third-order valence-electron chi connectivity index (χ3n) is 2.86. The van der Waals surface area contributed by atoms with Crippen LogP contribution in [0, 0.1) is 0 Å². The van der Waals surface area contributed by atoms with Crippen LogP contribution < -0.4 is 10.1 Å². The number of hydrogen-bond acceptors (Lipinski definition) is 3. The van der Waals surface area contributed by atoms with E-state index in [0.29, 0.717) is 26.3 Å². The lowest BCUT2D eigenvalue weighted by atomic mass is 10.2. The van der Waals surface area contributed by atoms with E-state index in [4.69, 9.17) is 4.74 Å². The molecule has 0 aliphatic carbocycles. The molecule has 0 aliphatic heterocycles. The van der Waals surface area contributed by atoms with Gasteiger partial charge >= 0.3 is 12.6 Å². The molecule has 1 aromatic carbocycles. The van der Waals surface area contributed by atoms with E-state index in [1.54, 1.807) is 19.2 Å². The molecule has 124 valence electrons. The van der Waals surface area contributed by atoms with E-state index in [9.17, 15) is 13.6 Å². The number of ether oxygens (including phenoxy) is 2. The monoisotopic (exact) mass is 316 g/mol. The van der Waals surface area contributed by atoms with Gasteiger partial charge in [-0.05, 0) is 31.0 Å². The number of urea groups is 1. The molecule has 1 rings (SSSR count). The maximum atomic E-state index is 12.0. The summed E-state index contributed by atoms with van der Waals surface area (Å²) in [5.74, 6) is 0.0989. The molecule has 5 nitrogen and oxygen atoms in total. The van der Waals surface area contributed by atoms with Gasteiger partial charge in [0.25, 0.3) is 0 Å². The number of carbonyl (C=O) groups excluding carboxylic acids is 1. The Morgan fingerprint density at radius 2 is 2.00 bits per heavy atom. The normalized spacial score (nSPS) is 10.6. The molecule has 2 amide bonds. The smallest absolute Gasteiger partial charge is 0.387 e. The molecule has 22 heavy (non-hydrogen) atoms. The minimum absolute atomic E-state index is 0.0989. The van der Waals surface area contributed by atoms with Gasteiger partial charge in [-0.3, -0.25) is 0 Å². The van der Waals surface area contributed by atoms with Gasteiger partial charge in [-0.2, -0.15) is 8.78 Å². The van der Waals surface area contributed by atoms with Crippen LogP contribution in [0.15, 0.2) is 24.3 Å². The van der Waals surface area contributed by atoms with Gasteiger partial charge in [0, 0.05) is 33.4 Å². The van der Waals surface area contributed by atoms with Gasteiger partial charge in [0.15, 0.2) is 0 Å².